The maximum absolute atomic E-state index is 12.9. The van der Waals surface area contributed by atoms with Crippen LogP contribution < -0.4 is 14.8 Å². The largest absolute Gasteiger partial charge is 0.495 e. The van der Waals surface area contributed by atoms with Gasteiger partial charge in [-0.05, 0) is 32.8 Å². The number of aromatic nitrogens is 1. The van der Waals surface area contributed by atoms with E-state index in [0.29, 0.717) is 28.3 Å². The molecule has 0 atom stereocenters. The van der Waals surface area contributed by atoms with E-state index in [2.05, 4.69) is 23.7 Å². The third-order valence-corrected chi connectivity index (χ3v) is 5.93. The van der Waals surface area contributed by atoms with Crippen LogP contribution in [-0.2, 0) is 0 Å². The van der Waals surface area contributed by atoms with E-state index in [1.165, 1.54) is 37.8 Å². The number of rotatable bonds is 7. The van der Waals surface area contributed by atoms with Crippen LogP contribution in [0.1, 0.15) is 59.9 Å². The summed E-state index contributed by atoms with van der Waals surface area (Å²) in [4.78, 5) is 12.9. The number of ketones is 1. The van der Waals surface area contributed by atoms with E-state index in [1.807, 2.05) is 6.07 Å². The Morgan fingerprint density at radius 2 is 1.79 bits per heavy atom. The highest BCUT2D eigenvalue weighted by Crippen LogP contribution is 2.36. The van der Waals surface area contributed by atoms with Crippen LogP contribution in [0.25, 0.3) is 0 Å². The molecule has 1 saturated carbocycles. The summed E-state index contributed by atoms with van der Waals surface area (Å²) in [5.74, 6) is 1.17. The molecule has 0 bridgehead atoms. The van der Waals surface area contributed by atoms with Crippen LogP contribution >= 0.6 is 11.6 Å². The number of hydrogen-bond donors (Lipinski definition) is 1. The van der Waals surface area contributed by atoms with Crippen molar-refractivity contribution in [1.29, 1.82) is 0 Å². The fourth-order valence-electron chi connectivity index (χ4n) is 4.23. The summed E-state index contributed by atoms with van der Waals surface area (Å²) >= 11 is 6.15. The molecule has 1 fully saturated rings. The zero-order chi connectivity index (χ0) is 20.3. The monoisotopic (exact) mass is 404 g/mol. The maximum atomic E-state index is 12.9. The standard InChI is InChI=1S/C22H29ClN2O3/c1-14-10-17(15(2)25(14)16-8-6-5-7-9-16)20(26)13-24-19-12-21(27-3)18(23)11-22(19)28-4/h10-12,16,24H,5-9,13H2,1-4H3. The quantitative estimate of drug-likeness (QED) is 0.612. The van der Waals surface area contributed by atoms with E-state index in [4.69, 9.17) is 21.1 Å². The maximum Gasteiger partial charge on any atom is 0.183 e. The minimum atomic E-state index is 0.0612. The molecule has 1 aliphatic carbocycles. The van der Waals surface area contributed by atoms with Gasteiger partial charge in [0.2, 0.25) is 0 Å². The van der Waals surface area contributed by atoms with E-state index in [1.54, 1.807) is 26.4 Å². The number of nitrogens with zero attached hydrogens (tertiary/aromatic N) is 1. The Balaban J connectivity index is 1.77. The van der Waals surface area contributed by atoms with Crippen LogP contribution in [-0.4, -0.2) is 31.1 Å². The van der Waals surface area contributed by atoms with Crippen LogP contribution in [0, 0.1) is 13.8 Å². The van der Waals surface area contributed by atoms with E-state index in [0.717, 1.165) is 11.3 Å². The fourth-order valence-corrected chi connectivity index (χ4v) is 4.46. The number of ether oxygens (including phenoxy) is 2. The minimum absolute atomic E-state index is 0.0612. The van der Waals surface area contributed by atoms with Crippen molar-refractivity contribution < 1.29 is 14.3 Å². The lowest BCUT2D eigenvalue weighted by Gasteiger charge is -2.26. The third kappa shape index (κ3) is 4.14. The molecule has 3 rings (SSSR count). The van der Waals surface area contributed by atoms with E-state index in [-0.39, 0.29) is 12.3 Å². The molecule has 1 aliphatic rings. The summed E-state index contributed by atoms with van der Waals surface area (Å²) in [5.41, 5.74) is 3.70. The lowest BCUT2D eigenvalue weighted by atomic mass is 9.95. The Morgan fingerprint density at radius 1 is 1.11 bits per heavy atom. The van der Waals surface area contributed by atoms with Crippen molar-refractivity contribution >= 4 is 23.1 Å². The molecule has 0 amide bonds. The molecule has 5 nitrogen and oxygen atoms in total. The summed E-state index contributed by atoms with van der Waals surface area (Å²) in [6, 6.07) is 5.97. The lowest BCUT2D eigenvalue weighted by molar-refractivity contribution is 0.100. The molecule has 1 aromatic heterocycles. The fraction of sp³-hybridized carbons (Fsp3) is 0.500. The van der Waals surface area contributed by atoms with E-state index >= 15 is 0 Å². The molecule has 0 spiro atoms. The molecule has 28 heavy (non-hydrogen) atoms. The van der Waals surface area contributed by atoms with Crippen LogP contribution in [0.2, 0.25) is 5.02 Å². The molecular weight excluding hydrogens is 376 g/mol. The Labute approximate surface area is 172 Å². The van der Waals surface area contributed by atoms with Crippen molar-refractivity contribution in [2.24, 2.45) is 0 Å². The first-order valence-electron chi connectivity index (χ1n) is 9.83. The molecule has 1 N–H and O–H groups in total. The Kier molecular flexibility index (Phi) is 6.55. The zero-order valence-electron chi connectivity index (χ0n) is 17.1. The predicted octanol–water partition coefficient (Wildman–Crippen LogP) is 5.58. The summed E-state index contributed by atoms with van der Waals surface area (Å²) in [6.45, 7) is 4.33. The molecule has 6 heteroatoms. The number of aryl methyl sites for hydroxylation is 1. The van der Waals surface area contributed by atoms with Crippen molar-refractivity contribution in [3.05, 3.63) is 40.2 Å². The van der Waals surface area contributed by atoms with Gasteiger partial charge < -0.3 is 19.4 Å². The average molecular weight is 405 g/mol. The number of carbonyl (C=O) groups excluding carboxylic acids is 1. The Morgan fingerprint density at radius 3 is 2.43 bits per heavy atom. The van der Waals surface area contributed by atoms with Gasteiger partial charge in [-0.3, -0.25) is 4.79 Å². The van der Waals surface area contributed by atoms with Crippen molar-refractivity contribution in [2.75, 3.05) is 26.1 Å². The number of anilines is 1. The molecule has 152 valence electrons. The second-order valence-corrected chi connectivity index (χ2v) is 7.82. The van der Waals surface area contributed by atoms with Gasteiger partial charge in [0, 0.05) is 35.1 Å². The first kappa shape index (κ1) is 20.6. The molecular formula is C22H29ClN2O3. The van der Waals surface area contributed by atoms with Crippen LogP contribution in [0.15, 0.2) is 18.2 Å². The minimum Gasteiger partial charge on any atom is -0.495 e. The first-order chi connectivity index (χ1) is 13.5. The molecule has 2 aromatic rings. The van der Waals surface area contributed by atoms with E-state index < -0.39 is 0 Å². The van der Waals surface area contributed by atoms with Crippen LogP contribution in [0.4, 0.5) is 5.69 Å². The molecule has 0 saturated heterocycles. The SMILES string of the molecule is COc1cc(NCC(=O)c2cc(C)n(C3CCCCC3)c2C)c(OC)cc1Cl. The van der Waals surface area contributed by atoms with Gasteiger partial charge in [-0.2, -0.15) is 0 Å². The zero-order valence-corrected chi connectivity index (χ0v) is 17.9. The van der Waals surface area contributed by atoms with Crippen molar-refractivity contribution in [3.8, 4) is 11.5 Å². The van der Waals surface area contributed by atoms with Crippen molar-refractivity contribution in [3.63, 3.8) is 0 Å². The molecule has 0 aliphatic heterocycles. The number of nitrogens with one attached hydrogen (secondary N) is 1. The summed E-state index contributed by atoms with van der Waals surface area (Å²) in [6.07, 6.45) is 6.25. The molecule has 0 unspecified atom stereocenters. The first-order valence-corrected chi connectivity index (χ1v) is 10.2. The van der Waals surface area contributed by atoms with Crippen molar-refractivity contribution in [2.45, 2.75) is 52.0 Å². The Bertz CT molecular complexity index is 854. The second-order valence-electron chi connectivity index (χ2n) is 7.41. The van der Waals surface area contributed by atoms with Crippen LogP contribution in [0.5, 0.6) is 11.5 Å². The van der Waals surface area contributed by atoms with Gasteiger partial charge in [-0.1, -0.05) is 30.9 Å². The van der Waals surface area contributed by atoms with Gasteiger partial charge in [0.1, 0.15) is 11.5 Å². The van der Waals surface area contributed by atoms with Gasteiger partial charge in [-0.15, -0.1) is 0 Å². The smallest absolute Gasteiger partial charge is 0.183 e. The van der Waals surface area contributed by atoms with Gasteiger partial charge in [-0.25, -0.2) is 0 Å². The second kappa shape index (κ2) is 8.91. The normalized spacial score (nSPS) is 14.8. The van der Waals surface area contributed by atoms with Gasteiger partial charge in [0.25, 0.3) is 0 Å². The van der Waals surface area contributed by atoms with Crippen molar-refractivity contribution in [1.82, 2.24) is 4.57 Å². The summed E-state index contributed by atoms with van der Waals surface area (Å²) < 4.78 is 13.0. The summed E-state index contributed by atoms with van der Waals surface area (Å²) in [7, 11) is 3.13. The van der Waals surface area contributed by atoms with Gasteiger partial charge in [0.05, 0.1) is 31.5 Å². The number of halogens is 1. The highest BCUT2D eigenvalue weighted by molar-refractivity contribution is 6.32. The molecule has 0 radical (unpaired) electrons. The highest BCUT2D eigenvalue weighted by atomic mass is 35.5. The number of benzene rings is 1. The molecule has 1 heterocycles. The average Bonchev–Trinajstić information content (AvgIpc) is 3.01. The van der Waals surface area contributed by atoms with Crippen LogP contribution in [0.3, 0.4) is 0 Å². The number of hydrogen-bond acceptors (Lipinski definition) is 4. The number of carbonyl (C=O) groups is 1. The number of methoxy groups -OCH3 is 2. The Hall–Kier alpha value is -2.14. The number of Topliss-reactive ketones (excluding diaryl/α,β-unsaturated/α-hetero) is 1. The van der Waals surface area contributed by atoms with E-state index in [9.17, 15) is 4.79 Å². The molecule has 1 aromatic carbocycles. The predicted molar refractivity (Wildman–Crippen MR) is 113 cm³/mol. The third-order valence-electron chi connectivity index (χ3n) is 5.64. The van der Waals surface area contributed by atoms with Gasteiger partial charge in [0.15, 0.2) is 5.78 Å². The highest BCUT2D eigenvalue weighted by Gasteiger charge is 2.22. The topological polar surface area (TPSA) is 52.5 Å². The lowest BCUT2D eigenvalue weighted by Crippen LogP contribution is -2.18. The van der Waals surface area contributed by atoms with Gasteiger partial charge >= 0.3 is 0 Å². The summed E-state index contributed by atoms with van der Waals surface area (Å²) in [5, 5.41) is 3.64.